The van der Waals surface area contributed by atoms with Gasteiger partial charge in [-0.25, -0.2) is 5.14 Å². The maximum Gasteiger partial charge on any atom is 0.276 e. The van der Waals surface area contributed by atoms with Crippen molar-refractivity contribution in [2.75, 3.05) is 38.1 Å². The third-order valence-corrected chi connectivity index (χ3v) is 6.23. The van der Waals surface area contributed by atoms with E-state index in [0.29, 0.717) is 37.4 Å². The number of anilines is 1. The Morgan fingerprint density at radius 1 is 1.28 bits per heavy atom. The second-order valence-electron chi connectivity index (χ2n) is 6.71. The van der Waals surface area contributed by atoms with Gasteiger partial charge in [0.2, 0.25) is 5.91 Å². The Balaban J connectivity index is 1.90. The van der Waals surface area contributed by atoms with Crippen molar-refractivity contribution in [3.05, 3.63) is 23.2 Å². The first-order valence-electron chi connectivity index (χ1n) is 9.44. The zero-order chi connectivity index (χ0) is 21.6. The molecule has 0 radical (unpaired) electrons. The van der Waals surface area contributed by atoms with Gasteiger partial charge < -0.3 is 15.0 Å². The molecular formula is C18H27ClN4O5S. The van der Waals surface area contributed by atoms with Crippen LogP contribution in [0.15, 0.2) is 18.2 Å². The fourth-order valence-electron chi connectivity index (χ4n) is 3.12. The highest BCUT2D eigenvalue weighted by Crippen LogP contribution is 2.28. The Hall–Kier alpha value is -1.88. The maximum atomic E-state index is 12.4. The van der Waals surface area contributed by atoms with Crippen LogP contribution in [0.25, 0.3) is 0 Å². The summed E-state index contributed by atoms with van der Waals surface area (Å²) in [5, 5.41) is 8.17. The van der Waals surface area contributed by atoms with E-state index in [9.17, 15) is 18.0 Å². The van der Waals surface area contributed by atoms with Crippen molar-refractivity contribution in [1.29, 1.82) is 0 Å². The molecule has 0 atom stereocenters. The van der Waals surface area contributed by atoms with E-state index in [2.05, 4.69) is 5.32 Å². The molecule has 0 unspecified atom stereocenters. The van der Waals surface area contributed by atoms with Crippen LogP contribution in [0.5, 0.6) is 5.75 Å². The molecule has 29 heavy (non-hydrogen) atoms. The van der Waals surface area contributed by atoms with Crippen LogP contribution in [0.2, 0.25) is 5.02 Å². The number of nitrogens with one attached hydrogen (secondary N) is 1. The number of piperidine rings is 1. The van der Waals surface area contributed by atoms with Crippen molar-refractivity contribution >= 4 is 39.3 Å². The maximum absolute atomic E-state index is 12.4. The molecule has 1 aliphatic rings. The summed E-state index contributed by atoms with van der Waals surface area (Å²) < 4.78 is 29.3. The fourth-order valence-corrected chi connectivity index (χ4v) is 4.07. The zero-order valence-electron chi connectivity index (χ0n) is 16.6. The molecule has 0 saturated carbocycles. The van der Waals surface area contributed by atoms with Crippen molar-refractivity contribution in [3.8, 4) is 5.75 Å². The van der Waals surface area contributed by atoms with Gasteiger partial charge in [0.1, 0.15) is 5.75 Å². The van der Waals surface area contributed by atoms with Gasteiger partial charge in [0.05, 0.1) is 5.02 Å². The Bertz CT molecular complexity index is 837. The number of nitrogens with zero attached hydrogens (tertiary/aromatic N) is 2. The third kappa shape index (κ3) is 6.56. The molecule has 2 amide bonds. The van der Waals surface area contributed by atoms with Crippen LogP contribution in [0, 0.1) is 5.92 Å². The van der Waals surface area contributed by atoms with Crippen LogP contribution < -0.4 is 15.2 Å². The van der Waals surface area contributed by atoms with E-state index in [1.54, 1.807) is 23.1 Å². The lowest BCUT2D eigenvalue weighted by molar-refractivity contribution is -0.133. The van der Waals surface area contributed by atoms with Gasteiger partial charge in [-0.1, -0.05) is 11.6 Å². The predicted molar refractivity (Wildman–Crippen MR) is 111 cm³/mol. The molecule has 1 aliphatic heterocycles. The quantitative estimate of drug-likeness (QED) is 0.625. The number of nitrogens with two attached hydrogens (primary N) is 1. The average Bonchev–Trinajstić information content (AvgIpc) is 2.67. The van der Waals surface area contributed by atoms with Gasteiger partial charge in [-0.2, -0.15) is 12.7 Å². The first-order valence-corrected chi connectivity index (χ1v) is 11.3. The Kier molecular flexibility index (Phi) is 8.26. The van der Waals surface area contributed by atoms with E-state index in [1.807, 2.05) is 13.8 Å². The molecule has 3 N–H and O–H groups in total. The molecule has 9 nitrogen and oxygen atoms in total. The van der Waals surface area contributed by atoms with Crippen molar-refractivity contribution in [3.63, 3.8) is 0 Å². The summed E-state index contributed by atoms with van der Waals surface area (Å²) in [4.78, 5) is 26.1. The molecule has 1 saturated heterocycles. The van der Waals surface area contributed by atoms with Gasteiger partial charge in [0, 0.05) is 37.8 Å². The number of hydrogen-bond acceptors (Lipinski definition) is 5. The molecule has 0 spiro atoms. The minimum Gasteiger partial charge on any atom is -0.482 e. The molecule has 0 aliphatic carbocycles. The highest BCUT2D eigenvalue weighted by atomic mass is 35.5. The lowest BCUT2D eigenvalue weighted by Crippen LogP contribution is -2.44. The van der Waals surface area contributed by atoms with Crippen LogP contribution in [0.1, 0.15) is 26.7 Å². The lowest BCUT2D eigenvalue weighted by atomic mass is 9.97. The van der Waals surface area contributed by atoms with E-state index in [0.717, 1.165) is 0 Å². The Labute approximate surface area is 176 Å². The van der Waals surface area contributed by atoms with Gasteiger partial charge in [-0.15, -0.1) is 0 Å². The normalized spacial score (nSPS) is 15.7. The monoisotopic (exact) mass is 446 g/mol. The second-order valence-corrected chi connectivity index (χ2v) is 8.66. The average molecular weight is 447 g/mol. The molecule has 162 valence electrons. The van der Waals surface area contributed by atoms with E-state index in [4.69, 9.17) is 21.5 Å². The second kappa shape index (κ2) is 10.2. The first kappa shape index (κ1) is 23.4. The zero-order valence-corrected chi connectivity index (χ0v) is 18.1. The number of ether oxygens (including phenoxy) is 1. The Morgan fingerprint density at radius 3 is 2.41 bits per heavy atom. The van der Waals surface area contributed by atoms with Gasteiger partial charge in [0.25, 0.3) is 16.1 Å². The van der Waals surface area contributed by atoms with Gasteiger partial charge >= 0.3 is 0 Å². The number of carbonyl (C=O) groups excluding carboxylic acids is 2. The minimum atomic E-state index is -3.72. The summed E-state index contributed by atoms with van der Waals surface area (Å²) in [5.74, 6) is -0.296. The van der Waals surface area contributed by atoms with Crippen LogP contribution in [-0.2, 0) is 19.8 Å². The van der Waals surface area contributed by atoms with E-state index >= 15 is 0 Å². The largest absolute Gasteiger partial charge is 0.482 e. The molecule has 1 aromatic carbocycles. The fraction of sp³-hybridized carbons (Fsp3) is 0.556. The lowest BCUT2D eigenvalue weighted by Gasteiger charge is -2.29. The predicted octanol–water partition coefficient (Wildman–Crippen LogP) is 1.44. The number of amides is 2. The van der Waals surface area contributed by atoms with E-state index in [1.165, 1.54) is 4.31 Å². The highest BCUT2D eigenvalue weighted by Gasteiger charge is 2.29. The number of carbonyl (C=O) groups is 2. The van der Waals surface area contributed by atoms with Crippen molar-refractivity contribution in [1.82, 2.24) is 9.21 Å². The molecule has 1 fully saturated rings. The number of benzene rings is 1. The smallest absolute Gasteiger partial charge is 0.276 e. The molecular weight excluding hydrogens is 420 g/mol. The van der Waals surface area contributed by atoms with E-state index < -0.39 is 10.2 Å². The SMILES string of the molecule is CCN(CC)C(=O)COc1ccc(NC(=O)C2CCN(S(N)(=O)=O)CC2)cc1Cl. The number of hydrogen-bond donors (Lipinski definition) is 2. The number of likely N-dealkylation sites (N-methyl/N-ethyl adjacent to an activating group) is 1. The topological polar surface area (TPSA) is 122 Å². The number of rotatable bonds is 8. The van der Waals surface area contributed by atoms with Crippen LogP contribution in [0.3, 0.4) is 0 Å². The molecule has 2 rings (SSSR count). The molecule has 1 aromatic rings. The molecule has 1 heterocycles. The molecule has 0 bridgehead atoms. The minimum absolute atomic E-state index is 0.115. The van der Waals surface area contributed by atoms with Crippen LogP contribution in [0.4, 0.5) is 5.69 Å². The Morgan fingerprint density at radius 2 is 1.90 bits per heavy atom. The van der Waals surface area contributed by atoms with Crippen LogP contribution in [-0.4, -0.2) is 62.2 Å². The summed E-state index contributed by atoms with van der Waals surface area (Å²) in [5.41, 5.74) is 0.497. The standard InChI is InChI=1S/C18H27ClN4O5S/c1-3-22(4-2)17(24)12-28-16-6-5-14(11-15(16)19)21-18(25)13-7-9-23(10-8-13)29(20,26)27/h5-6,11,13H,3-4,7-10,12H2,1-2H3,(H,21,25)(H2,20,26,27). The summed E-state index contributed by atoms with van der Waals surface area (Å²) in [6.45, 7) is 5.31. The highest BCUT2D eigenvalue weighted by molar-refractivity contribution is 7.86. The summed E-state index contributed by atoms with van der Waals surface area (Å²) in [6.07, 6.45) is 0.787. The summed E-state index contributed by atoms with van der Waals surface area (Å²) >= 11 is 6.21. The van der Waals surface area contributed by atoms with Crippen molar-refractivity contribution in [2.45, 2.75) is 26.7 Å². The van der Waals surface area contributed by atoms with Crippen molar-refractivity contribution < 1.29 is 22.7 Å². The van der Waals surface area contributed by atoms with Crippen LogP contribution >= 0.6 is 11.6 Å². The summed E-state index contributed by atoms with van der Waals surface area (Å²) in [7, 11) is -3.72. The van der Waals surface area contributed by atoms with Crippen molar-refractivity contribution in [2.24, 2.45) is 11.1 Å². The number of halogens is 1. The first-order chi connectivity index (χ1) is 13.7. The summed E-state index contributed by atoms with van der Waals surface area (Å²) in [6, 6.07) is 4.79. The third-order valence-electron chi connectivity index (χ3n) is 4.85. The van der Waals surface area contributed by atoms with Gasteiger partial charge in [-0.3, -0.25) is 9.59 Å². The van der Waals surface area contributed by atoms with E-state index in [-0.39, 0.29) is 42.5 Å². The molecule has 11 heteroatoms. The van der Waals surface area contributed by atoms with Gasteiger partial charge in [-0.05, 0) is 44.9 Å². The van der Waals surface area contributed by atoms with Gasteiger partial charge in [0.15, 0.2) is 6.61 Å². The molecule has 0 aromatic heterocycles.